The van der Waals surface area contributed by atoms with Gasteiger partial charge in [-0.1, -0.05) is 22.0 Å². The number of benzene rings is 2. The molecule has 0 unspecified atom stereocenters. The van der Waals surface area contributed by atoms with Crippen molar-refractivity contribution in [3.05, 3.63) is 52.0 Å². The minimum absolute atomic E-state index is 0.301. The SMILES string of the molecule is Cc1ccc(NC(=O)COC(=O)c2ccc3c(c2)OCCO3)cc1Br. The summed E-state index contributed by atoms with van der Waals surface area (Å²) in [7, 11) is 0. The minimum atomic E-state index is -0.600. The summed E-state index contributed by atoms with van der Waals surface area (Å²) in [4.78, 5) is 24.0. The largest absolute Gasteiger partial charge is 0.486 e. The fraction of sp³-hybridized carbons (Fsp3) is 0.222. The molecular weight excluding hydrogens is 390 g/mol. The normalized spacial score (nSPS) is 12.4. The summed E-state index contributed by atoms with van der Waals surface area (Å²) in [6.45, 7) is 2.48. The van der Waals surface area contributed by atoms with Crippen LogP contribution < -0.4 is 14.8 Å². The summed E-state index contributed by atoms with van der Waals surface area (Å²) < 4.78 is 16.8. The molecule has 2 aromatic carbocycles. The van der Waals surface area contributed by atoms with Gasteiger partial charge in [-0.2, -0.15) is 0 Å². The molecule has 1 N–H and O–H groups in total. The quantitative estimate of drug-likeness (QED) is 0.789. The molecule has 6 nitrogen and oxygen atoms in total. The number of hydrogen-bond donors (Lipinski definition) is 1. The summed E-state index contributed by atoms with van der Waals surface area (Å²) in [6.07, 6.45) is 0. The first-order valence-corrected chi connectivity index (χ1v) is 8.45. The Morgan fingerprint density at radius 1 is 1.12 bits per heavy atom. The van der Waals surface area contributed by atoms with Gasteiger partial charge in [0, 0.05) is 10.2 Å². The van der Waals surface area contributed by atoms with Crippen LogP contribution in [0.2, 0.25) is 0 Å². The van der Waals surface area contributed by atoms with Crippen LogP contribution in [0.15, 0.2) is 40.9 Å². The van der Waals surface area contributed by atoms with Crippen LogP contribution >= 0.6 is 15.9 Å². The smallest absolute Gasteiger partial charge is 0.338 e. The molecule has 0 saturated carbocycles. The number of hydrogen-bond acceptors (Lipinski definition) is 5. The van der Waals surface area contributed by atoms with Crippen LogP contribution in [-0.2, 0) is 9.53 Å². The summed E-state index contributed by atoms with van der Waals surface area (Å²) in [5.41, 5.74) is 1.98. The Bertz CT molecular complexity index is 821. The zero-order valence-electron chi connectivity index (χ0n) is 13.5. The average molecular weight is 406 g/mol. The van der Waals surface area contributed by atoms with E-state index in [-0.39, 0.29) is 6.61 Å². The zero-order valence-corrected chi connectivity index (χ0v) is 15.1. The van der Waals surface area contributed by atoms with Crippen molar-refractivity contribution in [2.75, 3.05) is 25.1 Å². The topological polar surface area (TPSA) is 73.9 Å². The Hall–Kier alpha value is -2.54. The van der Waals surface area contributed by atoms with E-state index in [1.54, 1.807) is 30.3 Å². The van der Waals surface area contributed by atoms with E-state index in [4.69, 9.17) is 14.2 Å². The van der Waals surface area contributed by atoms with Crippen LogP contribution in [0.3, 0.4) is 0 Å². The summed E-state index contributed by atoms with van der Waals surface area (Å²) >= 11 is 3.40. The van der Waals surface area contributed by atoms with Crippen molar-refractivity contribution in [2.45, 2.75) is 6.92 Å². The predicted octanol–water partition coefficient (Wildman–Crippen LogP) is 3.32. The molecule has 0 fully saturated rings. The van der Waals surface area contributed by atoms with Gasteiger partial charge in [0.15, 0.2) is 18.1 Å². The number of nitrogens with one attached hydrogen (secondary N) is 1. The lowest BCUT2D eigenvalue weighted by Gasteiger charge is -2.18. The average Bonchev–Trinajstić information content (AvgIpc) is 2.62. The lowest BCUT2D eigenvalue weighted by molar-refractivity contribution is -0.119. The number of anilines is 1. The number of halogens is 1. The molecule has 0 aliphatic carbocycles. The van der Waals surface area contributed by atoms with Crippen LogP contribution in [0.5, 0.6) is 11.5 Å². The molecule has 1 heterocycles. The Labute approximate surface area is 153 Å². The first-order valence-electron chi connectivity index (χ1n) is 7.66. The second-order valence-electron chi connectivity index (χ2n) is 5.45. The van der Waals surface area contributed by atoms with Gasteiger partial charge in [0.25, 0.3) is 5.91 Å². The number of amides is 1. The third kappa shape index (κ3) is 4.30. The number of rotatable bonds is 4. The number of aryl methyl sites for hydroxylation is 1. The van der Waals surface area contributed by atoms with Gasteiger partial charge in [-0.15, -0.1) is 0 Å². The Balaban J connectivity index is 1.56. The van der Waals surface area contributed by atoms with Crippen molar-refractivity contribution in [1.29, 1.82) is 0 Å². The lowest BCUT2D eigenvalue weighted by atomic mass is 10.2. The van der Waals surface area contributed by atoms with Gasteiger partial charge >= 0.3 is 5.97 Å². The molecule has 7 heteroatoms. The maximum atomic E-state index is 12.1. The second kappa shape index (κ2) is 7.57. The highest BCUT2D eigenvalue weighted by Crippen LogP contribution is 2.30. The molecule has 0 saturated heterocycles. The highest BCUT2D eigenvalue weighted by Gasteiger charge is 2.16. The van der Waals surface area contributed by atoms with Gasteiger partial charge in [0.2, 0.25) is 0 Å². The molecule has 1 aliphatic rings. The van der Waals surface area contributed by atoms with Gasteiger partial charge in [-0.05, 0) is 42.8 Å². The first kappa shape index (κ1) is 17.3. The van der Waals surface area contributed by atoms with E-state index in [2.05, 4.69) is 21.2 Å². The Kier molecular flexibility index (Phi) is 5.23. The fourth-order valence-corrected chi connectivity index (χ4v) is 2.63. The molecule has 1 amide bonds. The molecule has 1 aliphatic heterocycles. The monoisotopic (exact) mass is 405 g/mol. The molecule has 0 radical (unpaired) electrons. The molecule has 2 aromatic rings. The third-order valence-corrected chi connectivity index (χ3v) is 4.42. The molecule has 0 spiro atoms. The molecule has 0 aromatic heterocycles. The summed E-state index contributed by atoms with van der Waals surface area (Å²) in [6, 6.07) is 10.2. The third-order valence-electron chi connectivity index (χ3n) is 3.57. The Morgan fingerprint density at radius 2 is 1.88 bits per heavy atom. The number of esters is 1. The summed E-state index contributed by atoms with van der Waals surface area (Å²) in [5, 5.41) is 2.68. The van der Waals surface area contributed by atoms with Crippen LogP contribution in [0.4, 0.5) is 5.69 Å². The van der Waals surface area contributed by atoms with Crippen molar-refractivity contribution < 1.29 is 23.8 Å². The molecular formula is C18H16BrNO5. The van der Waals surface area contributed by atoms with Crippen molar-refractivity contribution in [3.8, 4) is 11.5 Å². The molecule has 0 atom stereocenters. The van der Waals surface area contributed by atoms with Gasteiger partial charge in [0.1, 0.15) is 13.2 Å². The van der Waals surface area contributed by atoms with Crippen LogP contribution in [-0.4, -0.2) is 31.7 Å². The van der Waals surface area contributed by atoms with Gasteiger partial charge < -0.3 is 19.5 Å². The standard InChI is InChI=1S/C18H16BrNO5/c1-11-2-4-13(9-14(11)19)20-17(21)10-25-18(22)12-3-5-15-16(8-12)24-7-6-23-15/h2-5,8-9H,6-7,10H2,1H3,(H,20,21). The molecule has 25 heavy (non-hydrogen) atoms. The maximum Gasteiger partial charge on any atom is 0.338 e. The summed E-state index contributed by atoms with van der Waals surface area (Å²) in [5.74, 6) is 0.0685. The molecule has 130 valence electrons. The van der Waals surface area contributed by atoms with E-state index < -0.39 is 11.9 Å². The molecule has 0 bridgehead atoms. The van der Waals surface area contributed by atoms with Crippen molar-refractivity contribution in [1.82, 2.24) is 0 Å². The van der Waals surface area contributed by atoms with Crippen molar-refractivity contribution in [2.24, 2.45) is 0 Å². The van der Waals surface area contributed by atoms with E-state index in [0.717, 1.165) is 10.0 Å². The lowest BCUT2D eigenvalue weighted by Crippen LogP contribution is -2.21. The van der Waals surface area contributed by atoms with Crippen LogP contribution in [0, 0.1) is 6.92 Å². The fourth-order valence-electron chi connectivity index (χ4n) is 2.25. The van der Waals surface area contributed by atoms with E-state index in [0.29, 0.717) is 36.0 Å². The minimum Gasteiger partial charge on any atom is -0.486 e. The Morgan fingerprint density at radius 3 is 2.64 bits per heavy atom. The second-order valence-corrected chi connectivity index (χ2v) is 6.30. The van der Waals surface area contributed by atoms with E-state index in [1.807, 2.05) is 13.0 Å². The van der Waals surface area contributed by atoms with Gasteiger partial charge in [-0.3, -0.25) is 4.79 Å². The first-order chi connectivity index (χ1) is 12.0. The highest BCUT2D eigenvalue weighted by molar-refractivity contribution is 9.10. The van der Waals surface area contributed by atoms with Gasteiger partial charge in [-0.25, -0.2) is 4.79 Å². The van der Waals surface area contributed by atoms with Crippen LogP contribution in [0.25, 0.3) is 0 Å². The van der Waals surface area contributed by atoms with E-state index in [1.165, 1.54) is 0 Å². The number of carbonyl (C=O) groups excluding carboxylic acids is 2. The predicted molar refractivity (Wildman–Crippen MR) is 95.2 cm³/mol. The van der Waals surface area contributed by atoms with Crippen LogP contribution in [0.1, 0.15) is 15.9 Å². The maximum absolute atomic E-state index is 12.1. The zero-order chi connectivity index (χ0) is 17.8. The van der Waals surface area contributed by atoms with Gasteiger partial charge in [0.05, 0.1) is 5.56 Å². The van der Waals surface area contributed by atoms with Crippen molar-refractivity contribution in [3.63, 3.8) is 0 Å². The molecule has 3 rings (SSSR count). The van der Waals surface area contributed by atoms with E-state index in [9.17, 15) is 9.59 Å². The highest BCUT2D eigenvalue weighted by atomic mass is 79.9. The number of ether oxygens (including phenoxy) is 3. The van der Waals surface area contributed by atoms with Crippen molar-refractivity contribution >= 4 is 33.5 Å². The number of fused-ring (bicyclic) bond motifs is 1. The van der Waals surface area contributed by atoms with E-state index >= 15 is 0 Å². The number of carbonyl (C=O) groups is 2.